The van der Waals surface area contributed by atoms with Gasteiger partial charge in [-0.2, -0.15) is 5.10 Å². The Labute approximate surface area is 120 Å². The zero-order chi connectivity index (χ0) is 13.7. The van der Waals surface area contributed by atoms with Crippen molar-refractivity contribution >= 4 is 21.6 Å². The fourth-order valence-corrected chi connectivity index (χ4v) is 2.16. The van der Waals surface area contributed by atoms with E-state index in [9.17, 15) is 4.79 Å². The number of halogens is 1. The molecule has 1 heterocycles. The number of aryl methyl sites for hydroxylation is 1. The van der Waals surface area contributed by atoms with E-state index in [1.165, 1.54) is 5.56 Å². The molecule has 1 aromatic carbocycles. The van der Waals surface area contributed by atoms with Crippen LogP contribution in [-0.2, 0) is 6.42 Å². The molecule has 0 aliphatic carbocycles. The first kappa shape index (κ1) is 13.8. The van der Waals surface area contributed by atoms with Crippen molar-refractivity contribution in [3.05, 3.63) is 56.9 Å². The summed E-state index contributed by atoms with van der Waals surface area (Å²) in [6, 6.07) is 10.6. The number of H-pyrrole nitrogens is 1. The fraction of sp³-hybridized carbons (Fsp3) is 0.286. The van der Waals surface area contributed by atoms with E-state index in [4.69, 9.17) is 0 Å². The number of anilines is 1. The van der Waals surface area contributed by atoms with Crippen LogP contribution in [0.1, 0.15) is 18.9 Å². The second-order valence-corrected chi connectivity index (χ2v) is 5.29. The molecule has 1 aromatic heterocycles. The first-order chi connectivity index (χ1) is 9.16. The second-order valence-electron chi connectivity index (χ2n) is 4.50. The lowest BCUT2D eigenvalue weighted by Gasteiger charge is -2.15. The smallest absolute Gasteiger partial charge is 0.280 e. The third kappa shape index (κ3) is 3.92. The molecule has 0 amide bonds. The minimum absolute atomic E-state index is 0.222. The van der Waals surface area contributed by atoms with Crippen LogP contribution in [0.4, 0.5) is 5.69 Å². The molecule has 0 radical (unpaired) electrons. The summed E-state index contributed by atoms with van der Waals surface area (Å²) in [5, 5.41) is 9.46. The highest BCUT2D eigenvalue weighted by Gasteiger charge is 2.08. The highest BCUT2D eigenvalue weighted by molar-refractivity contribution is 9.10. The van der Waals surface area contributed by atoms with Crippen molar-refractivity contribution in [1.29, 1.82) is 0 Å². The van der Waals surface area contributed by atoms with E-state index in [-0.39, 0.29) is 11.6 Å². The molecule has 2 N–H and O–H groups in total. The standard InChI is InChI=1S/C14H16BrN3O/c1-10(7-8-11-5-3-2-4-6-11)17-12-9-16-18-14(19)13(12)15/h2-6,9-10H,7-8H2,1H3,(H2,17,18,19). The van der Waals surface area contributed by atoms with Crippen molar-refractivity contribution in [2.75, 3.05) is 5.32 Å². The minimum atomic E-state index is -0.222. The van der Waals surface area contributed by atoms with Crippen LogP contribution >= 0.6 is 15.9 Å². The molecule has 2 rings (SSSR count). The van der Waals surface area contributed by atoms with Gasteiger partial charge in [-0.1, -0.05) is 30.3 Å². The van der Waals surface area contributed by atoms with E-state index in [1.54, 1.807) is 6.20 Å². The average molecular weight is 322 g/mol. The molecular formula is C14H16BrN3O. The monoisotopic (exact) mass is 321 g/mol. The summed E-state index contributed by atoms with van der Waals surface area (Å²) in [6.07, 6.45) is 3.61. The third-order valence-electron chi connectivity index (χ3n) is 2.91. The van der Waals surface area contributed by atoms with Crippen molar-refractivity contribution < 1.29 is 0 Å². The average Bonchev–Trinajstić information content (AvgIpc) is 2.43. The van der Waals surface area contributed by atoms with Crippen LogP contribution < -0.4 is 10.9 Å². The lowest BCUT2D eigenvalue weighted by atomic mass is 10.1. The van der Waals surface area contributed by atoms with Crippen LogP contribution in [0, 0.1) is 0 Å². The van der Waals surface area contributed by atoms with E-state index >= 15 is 0 Å². The zero-order valence-electron chi connectivity index (χ0n) is 10.7. The first-order valence-electron chi connectivity index (χ1n) is 6.20. The molecule has 19 heavy (non-hydrogen) atoms. The summed E-state index contributed by atoms with van der Waals surface area (Å²) < 4.78 is 0.495. The Bertz CT molecular complexity index is 583. The molecule has 0 saturated carbocycles. The van der Waals surface area contributed by atoms with E-state index in [2.05, 4.69) is 50.5 Å². The maximum atomic E-state index is 11.4. The van der Waals surface area contributed by atoms with E-state index < -0.39 is 0 Å². The number of nitrogens with one attached hydrogen (secondary N) is 2. The summed E-state index contributed by atoms with van der Waals surface area (Å²) >= 11 is 3.26. The van der Waals surface area contributed by atoms with E-state index in [0.29, 0.717) is 4.47 Å². The number of aromatic amines is 1. The lowest BCUT2D eigenvalue weighted by Crippen LogP contribution is -2.19. The Kier molecular flexibility index (Phi) is 4.74. The summed E-state index contributed by atoms with van der Waals surface area (Å²) in [5.74, 6) is 0. The molecule has 0 aliphatic rings. The summed E-state index contributed by atoms with van der Waals surface area (Å²) in [6.45, 7) is 2.09. The molecule has 0 aliphatic heterocycles. The predicted molar refractivity (Wildman–Crippen MR) is 80.4 cm³/mol. The topological polar surface area (TPSA) is 57.8 Å². The van der Waals surface area contributed by atoms with Crippen molar-refractivity contribution in [1.82, 2.24) is 10.2 Å². The second kappa shape index (κ2) is 6.52. The van der Waals surface area contributed by atoms with E-state index in [0.717, 1.165) is 18.5 Å². The Morgan fingerprint density at radius 2 is 2.11 bits per heavy atom. The summed E-state index contributed by atoms with van der Waals surface area (Å²) in [5.41, 5.74) is 1.82. The SMILES string of the molecule is CC(CCc1ccccc1)Nc1cn[nH]c(=O)c1Br. The van der Waals surface area contributed by atoms with Gasteiger partial charge in [-0.3, -0.25) is 4.79 Å². The fourth-order valence-electron chi connectivity index (χ4n) is 1.85. The van der Waals surface area contributed by atoms with Crippen molar-refractivity contribution in [3.63, 3.8) is 0 Å². The van der Waals surface area contributed by atoms with Gasteiger partial charge in [0.2, 0.25) is 0 Å². The van der Waals surface area contributed by atoms with Gasteiger partial charge >= 0.3 is 0 Å². The third-order valence-corrected chi connectivity index (χ3v) is 3.69. The molecule has 0 spiro atoms. The predicted octanol–water partition coefficient (Wildman–Crippen LogP) is 2.97. The van der Waals surface area contributed by atoms with Crippen molar-refractivity contribution in [2.45, 2.75) is 25.8 Å². The van der Waals surface area contributed by atoms with Gasteiger partial charge in [-0.15, -0.1) is 0 Å². The van der Waals surface area contributed by atoms with Gasteiger partial charge in [-0.25, -0.2) is 5.10 Å². The normalized spacial score (nSPS) is 12.1. The van der Waals surface area contributed by atoms with Gasteiger partial charge in [-0.05, 0) is 41.3 Å². The molecule has 5 heteroatoms. The Morgan fingerprint density at radius 1 is 1.37 bits per heavy atom. The Hall–Kier alpha value is -1.62. The maximum absolute atomic E-state index is 11.4. The molecular weight excluding hydrogens is 306 g/mol. The van der Waals surface area contributed by atoms with Crippen LogP contribution in [0.25, 0.3) is 0 Å². The molecule has 100 valence electrons. The van der Waals surface area contributed by atoms with Crippen LogP contribution in [0.2, 0.25) is 0 Å². The van der Waals surface area contributed by atoms with Gasteiger partial charge in [0.15, 0.2) is 0 Å². The highest BCUT2D eigenvalue weighted by atomic mass is 79.9. The maximum Gasteiger partial charge on any atom is 0.280 e. The lowest BCUT2D eigenvalue weighted by molar-refractivity contribution is 0.704. The number of nitrogens with zero attached hydrogens (tertiary/aromatic N) is 1. The van der Waals surface area contributed by atoms with Crippen molar-refractivity contribution in [3.8, 4) is 0 Å². The Morgan fingerprint density at radius 3 is 2.84 bits per heavy atom. The number of rotatable bonds is 5. The summed E-state index contributed by atoms with van der Waals surface area (Å²) in [7, 11) is 0. The molecule has 1 atom stereocenters. The number of hydrogen-bond acceptors (Lipinski definition) is 3. The van der Waals surface area contributed by atoms with E-state index in [1.807, 2.05) is 18.2 Å². The van der Waals surface area contributed by atoms with Gasteiger partial charge in [0, 0.05) is 6.04 Å². The van der Waals surface area contributed by atoms with Crippen LogP contribution in [0.15, 0.2) is 45.8 Å². The zero-order valence-corrected chi connectivity index (χ0v) is 12.3. The largest absolute Gasteiger partial charge is 0.380 e. The van der Waals surface area contributed by atoms with Crippen LogP contribution in [0.3, 0.4) is 0 Å². The molecule has 2 aromatic rings. The number of benzene rings is 1. The first-order valence-corrected chi connectivity index (χ1v) is 7.00. The van der Waals surface area contributed by atoms with Crippen molar-refractivity contribution in [2.24, 2.45) is 0 Å². The van der Waals surface area contributed by atoms with Gasteiger partial charge in [0.25, 0.3) is 5.56 Å². The van der Waals surface area contributed by atoms with Crippen LogP contribution in [0.5, 0.6) is 0 Å². The molecule has 0 bridgehead atoms. The van der Waals surface area contributed by atoms with Gasteiger partial charge < -0.3 is 5.32 Å². The van der Waals surface area contributed by atoms with Gasteiger partial charge in [0.1, 0.15) is 4.47 Å². The molecule has 4 nitrogen and oxygen atoms in total. The summed E-state index contributed by atoms with van der Waals surface area (Å²) in [4.78, 5) is 11.4. The minimum Gasteiger partial charge on any atom is -0.380 e. The van der Waals surface area contributed by atoms with Gasteiger partial charge in [0.05, 0.1) is 11.9 Å². The Balaban J connectivity index is 1.93. The van der Waals surface area contributed by atoms with Crippen LogP contribution in [-0.4, -0.2) is 16.2 Å². The number of aromatic nitrogens is 2. The quantitative estimate of drug-likeness (QED) is 0.890. The highest BCUT2D eigenvalue weighted by Crippen LogP contribution is 2.17. The molecule has 0 fully saturated rings. The number of hydrogen-bond donors (Lipinski definition) is 2. The molecule has 1 unspecified atom stereocenters. The molecule has 0 saturated heterocycles.